The molecule has 0 bridgehead atoms. The molecule has 0 radical (unpaired) electrons. The third-order valence-corrected chi connectivity index (χ3v) is 5.01. The summed E-state index contributed by atoms with van der Waals surface area (Å²) in [5, 5.41) is 0. The Balaban J connectivity index is 1.87. The molecule has 0 saturated heterocycles. The van der Waals surface area contributed by atoms with E-state index in [-0.39, 0.29) is 11.7 Å². The molecule has 1 aromatic carbocycles. The highest BCUT2D eigenvalue weighted by molar-refractivity contribution is 7.92. The largest absolute Gasteiger partial charge is 0.459 e. The number of rotatable bonds is 5. The van der Waals surface area contributed by atoms with Gasteiger partial charge in [-0.1, -0.05) is 6.08 Å². The monoisotopic (exact) mass is 346 g/mol. The van der Waals surface area contributed by atoms with Gasteiger partial charge in [0.15, 0.2) is 5.76 Å². The molecule has 7 heteroatoms. The van der Waals surface area contributed by atoms with Gasteiger partial charge in [0.2, 0.25) is 10.0 Å². The van der Waals surface area contributed by atoms with Crippen molar-refractivity contribution in [3.63, 3.8) is 0 Å². The Hall–Kier alpha value is -2.54. The fourth-order valence-corrected chi connectivity index (χ4v) is 3.66. The summed E-state index contributed by atoms with van der Waals surface area (Å²) in [6.07, 6.45) is 4.40. The van der Waals surface area contributed by atoms with Crippen LogP contribution in [0.5, 0.6) is 0 Å². The van der Waals surface area contributed by atoms with Crippen LogP contribution < -0.4 is 9.62 Å². The minimum Gasteiger partial charge on any atom is -0.459 e. The first-order valence-corrected chi connectivity index (χ1v) is 9.25. The molecule has 24 heavy (non-hydrogen) atoms. The normalized spacial score (nSPS) is 14.1. The summed E-state index contributed by atoms with van der Waals surface area (Å²) in [6, 6.07) is 8.51. The van der Waals surface area contributed by atoms with Crippen molar-refractivity contribution in [1.82, 2.24) is 0 Å². The second kappa shape index (κ2) is 6.52. The average Bonchev–Trinajstić information content (AvgIpc) is 3.07. The smallest absolute Gasteiger partial charge is 0.293 e. The third-order valence-electron chi connectivity index (χ3n) is 3.79. The van der Waals surface area contributed by atoms with Gasteiger partial charge < -0.3 is 9.32 Å². The van der Waals surface area contributed by atoms with Crippen LogP contribution in [0.4, 0.5) is 11.4 Å². The number of anilines is 2. The molecule has 6 nitrogen and oxygen atoms in total. The summed E-state index contributed by atoms with van der Waals surface area (Å²) in [5.41, 5.74) is 2.21. The van der Waals surface area contributed by atoms with Crippen molar-refractivity contribution in [1.29, 1.82) is 0 Å². The third kappa shape index (κ3) is 3.35. The van der Waals surface area contributed by atoms with Crippen molar-refractivity contribution in [3.05, 3.63) is 60.6 Å². The van der Waals surface area contributed by atoms with E-state index in [1.165, 1.54) is 12.3 Å². The molecule has 1 aliphatic rings. The lowest BCUT2D eigenvalue weighted by Gasteiger charge is -2.29. The second-order valence-electron chi connectivity index (χ2n) is 5.55. The summed E-state index contributed by atoms with van der Waals surface area (Å²) in [5.74, 6) is -0.0488. The molecule has 1 aromatic heterocycles. The van der Waals surface area contributed by atoms with E-state index < -0.39 is 10.0 Å². The molecule has 0 saturated carbocycles. The number of aryl methyl sites for hydroxylation is 1. The molecule has 0 spiro atoms. The van der Waals surface area contributed by atoms with E-state index in [9.17, 15) is 13.2 Å². The van der Waals surface area contributed by atoms with Crippen LogP contribution in [-0.2, 0) is 16.4 Å². The van der Waals surface area contributed by atoms with E-state index in [1.807, 2.05) is 0 Å². The number of fused-ring (bicyclic) bond motifs is 1. The van der Waals surface area contributed by atoms with Crippen LogP contribution in [0.15, 0.2) is 53.7 Å². The van der Waals surface area contributed by atoms with Gasteiger partial charge in [-0.3, -0.25) is 9.52 Å². The highest BCUT2D eigenvalue weighted by Crippen LogP contribution is 2.31. The second-order valence-corrected chi connectivity index (χ2v) is 7.32. The van der Waals surface area contributed by atoms with Crippen molar-refractivity contribution in [2.75, 3.05) is 21.9 Å². The number of nitrogens with zero attached hydrogens (tertiary/aromatic N) is 1. The van der Waals surface area contributed by atoms with Gasteiger partial charge in [0.1, 0.15) is 0 Å². The van der Waals surface area contributed by atoms with E-state index in [2.05, 4.69) is 11.3 Å². The molecule has 1 aliphatic heterocycles. The minimum absolute atomic E-state index is 0.146. The summed E-state index contributed by atoms with van der Waals surface area (Å²) >= 11 is 0. The Kier molecular flexibility index (Phi) is 4.44. The van der Waals surface area contributed by atoms with Crippen molar-refractivity contribution < 1.29 is 17.6 Å². The maximum atomic E-state index is 12.5. The molecule has 0 atom stereocenters. The molecule has 1 amide bonds. The summed E-state index contributed by atoms with van der Waals surface area (Å²) < 4.78 is 31.4. The van der Waals surface area contributed by atoms with Gasteiger partial charge in [-0.15, -0.1) is 6.58 Å². The summed E-state index contributed by atoms with van der Waals surface area (Å²) in [6.45, 7) is 4.04. The van der Waals surface area contributed by atoms with Crippen molar-refractivity contribution in [2.24, 2.45) is 0 Å². The fourth-order valence-electron chi connectivity index (χ4n) is 2.78. The van der Waals surface area contributed by atoms with Gasteiger partial charge in [0, 0.05) is 17.9 Å². The van der Waals surface area contributed by atoms with Gasteiger partial charge in [0.05, 0.1) is 12.0 Å². The van der Waals surface area contributed by atoms with Gasteiger partial charge in [-0.2, -0.15) is 0 Å². The quantitative estimate of drug-likeness (QED) is 0.844. The Bertz CT molecular complexity index is 857. The van der Waals surface area contributed by atoms with Crippen LogP contribution in [-0.4, -0.2) is 26.6 Å². The lowest BCUT2D eigenvalue weighted by Crippen LogP contribution is -2.35. The Morgan fingerprint density at radius 1 is 1.38 bits per heavy atom. The van der Waals surface area contributed by atoms with E-state index in [1.54, 1.807) is 35.2 Å². The number of sulfonamides is 1. The summed E-state index contributed by atoms with van der Waals surface area (Å²) in [7, 11) is -3.44. The number of nitrogens with one attached hydrogen (secondary N) is 1. The predicted molar refractivity (Wildman–Crippen MR) is 92.8 cm³/mol. The van der Waals surface area contributed by atoms with E-state index in [0.717, 1.165) is 24.1 Å². The van der Waals surface area contributed by atoms with E-state index in [4.69, 9.17) is 4.42 Å². The van der Waals surface area contributed by atoms with Crippen molar-refractivity contribution >= 4 is 27.3 Å². The predicted octanol–water partition coefficient (Wildman–Crippen LogP) is 2.80. The lowest BCUT2D eigenvalue weighted by molar-refractivity contribution is 0.0958. The molecule has 0 unspecified atom stereocenters. The Morgan fingerprint density at radius 3 is 2.92 bits per heavy atom. The molecule has 126 valence electrons. The molecule has 2 aromatic rings. The van der Waals surface area contributed by atoms with Crippen LogP contribution in [0.25, 0.3) is 0 Å². The number of hydrogen-bond acceptors (Lipinski definition) is 4. The highest BCUT2D eigenvalue weighted by atomic mass is 32.2. The molecule has 0 aliphatic carbocycles. The molecule has 1 N–H and O–H groups in total. The fraction of sp³-hybridized carbons (Fsp3) is 0.235. The first kappa shape index (κ1) is 16.3. The zero-order chi connectivity index (χ0) is 17.2. The topological polar surface area (TPSA) is 79.6 Å². The number of hydrogen-bond donors (Lipinski definition) is 1. The maximum absolute atomic E-state index is 12.5. The SMILES string of the molecule is C=CCS(=O)(=O)Nc1ccc2c(c1)CCCN2C(=O)c1ccco1. The molecule has 0 fully saturated rings. The first-order chi connectivity index (χ1) is 11.5. The van der Waals surface area contributed by atoms with Gasteiger partial charge in [0.25, 0.3) is 5.91 Å². The molecule has 2 heterocycles. The van der Waals surface area contributed by atoms with Gasteiger partial charge in [-0.05, 0) is 48.7 Å². The lowest BCUT2D eigenvalue weighted by atomic mass is 10.0. The molecular weight excluding hydrogens is 328 g/mol. The number of carbonyl (C=O) groups is 1. The average molecular weight is 346 g/mol. The maximum Gasteiger partial charge on any atom is 0.293 e. The van der Waals surface area contributed by atoms with Gasteiger partial charge in [-0.25, -0.2) is 8.42 Å². The van der Waals surface area contributed by atoms with E-state index >= 15 is 0 Å². The Morgan fingerprint density at radius 2 is 2.21 bits per heavy atom. The van der Waals surface area contributed by atoms with Gasteiger partial charge >= 0.3 is 0 Å². The van der Waals surface area contributed by atoms with Crippen LogP contribution in [0, 0.1) is 0 Å². The molecule has 3 rings (SSSR count). The zero-order valence-corrected chi connectivity index (χ0v) is 13.9. The zero-order valence-electron chi connectivity index (χ0n) is 13.1. The van der Waals surface area contributed by atoms with Crippen molar-refractivity contribution in [3.8, 4) is 0 Å². The van der Waals surface area contributed by atoms with Crippen LogP contribution in [0.2, 0.25) is 0 Å². The first-order valence-electron chi connectivity index (χ1n) is 7.60. The minimum atomic E-state index is -3.44. The molecular formula is C17H18N2O4S. The number of amides is 1. The Labute approximate surface area is 140 Å². The van der Waals surface area contributed by atoms with Crippen LogP contribution >= 0.6 is 0 Å². The standard InChI is InChI=1S/C17H18N2O4S/c1-2-11-24(21,22)18-14-7-8-15-13(12-14)5-3-9-19(15)17(20)16-6-4-10-23-16/h2,4,6-8,10,12,18H,1,3,5,9,11H2. The van der Waals surface area contributed by atoms with Crippen molar-refractivity contribution in [2.45, 2.75) is 12.8 Å². The highest BCUT2D eigenvalue weighted by Gasteiger charge is 2.25. The van der Waals surface area contributed by atoms with Crippen LogP contribution in [0.3, 0.4) is 0 Å². The van der Waals surface area contributed by atoms with E-state index in [0.29, 0.717) is 18.0 Å². The number of benzene rings is 1. The van der Waals surface area contributed by atoms with Crippen LogP contribution in [0.1, 0.15) is 22.5 Å². The summed E-state index contributed by atoms with van der Waals surface area (Å²) in [4.78, 5) is 14.2. The number of furan rings is 1. The number of carbonyl (C=O) groups excluding carboxylic acids is 1.